The predicted molar refractivity (Wildman–Crippen MR) is 93.5 cm³/mol. The molecule has 1 saturated heterocycles. The van der Waals surface area contributed by atoms with Gasteiger partial charge in [0.2, 0.25) is 5.91 Å². The van der Waals surface area contributed by atoms with Crippen molar-refractivity contribution in [2.24, 2.45) is 0 Å². The molecule has 0 spiro atoms. The lowest BCUT2D eigenvalue weighted by Crippen LogP contribution is -2.55. The van der Waals surface area contributed by atoms with E-state index < -0.39 is 6.10 Å². The van der Waals surface area contributed by atoms with Crippen LogP contribution in [0.4, 0.5) is 0 Å². The van der Waals surface area contributed by atoms with Gasteiger partial charge in [-0.3, -0.25) is 19.3 Å². The Morgan fingerprint density at radius 2 is 1.96 bits per heavy atom. The molecule has 136 valence electrons. The molecule has 2 rings (SSSR count). The summed E-state index contributed by atoms with van der Waals surface area (Å²) >= 11 is 0. The average molecular weight is 347 g/mol. The second-order valence-corrected chi connectivity index (χ2v) is 6.60. The monoisotopic (exact) mass is 347 g/mol. The molecule has 7 nitrogen and oxygen atoms in total. The zero-order valence-corrected chi connectivity index (χ0v) is 14.9. The van der Waals surface area contributed by atoms with E-state index in [1.807, 2.05) is 4.90 Å². The van der Waals surface area contributed by atoms with E-state index in [2.05, 4.69) is 5.32 Å². The summed E-state index contributed by atoms with van der Waals surface area (Å²) in [7, 11) is 3.39. The molecule has 0 aromatic heterocycles. The van der Waals surface area contributed by atoms with Gasteiger partial charge in [-0.1, -0.05) is 12.1 Å². The normalized spacial score (nSPS) is 20.8. The van der Waals surface area contributed by atoms with E-state index in [0.29, 0.717) is 30.6 Å². The second-order valence-electron chi connectivity index (χ2n) is 6.60. The number of amides is 2. The van der Waals surface area contributed by atoms with E-state index in [4.69, 9.17) is 0 Å². The van der Waals surface area contributed by atoms with Gasteiger partial charge in [-0.05, 0) is 25.5 Å². The van der Waals surface area contributed by atoms with E-state index in [-0.39, 0.29) is 30.2 Å². The minimum Gasteiger partial charge on any atom is -0.390 e. The van der Waals surface area contributed by atoms with Gasteiger partial charge in [0.15, 0.2) is 5.78 Å². The number of likely N-dealkylation sites (tertiary alicyclic amines) is 1. The maximum absolute atomic E-state index is 12.4. The molecular weight excluding hydrogens is 322 g/mol. The smallest absolute Gasteiger partial charge is 0.251 e. The zero-order chi connectivity index (χ0) is 18.6. The van der Waals surface area contributed by atoms with E-state index in [1.165, 1.54) is 11.8 Å². The first-order valence-electron chi connectivity index (χ1n) is 8.30. The Balaban J connectivity index is 1.93. The third kappa shape index (κ3) is 5.11. The molecule has 1 aromatic rings. The van der Waals surface area contributed by atoms with Crippen molar-refractivity contribution >= 4 is 17.6 Å². The molecule has 0 bridgehead atoms. The van der Waals surface area contributed by atoms with Crippen LogP contribution in [0, 0.1) is 0 Å². The lowest BCUT2D eigenvalue weighted by atomic mass is 10.0. The molecule has 2 atom stereocenters. The maximum atomic E-state index is 12.4. The number of β-amino-alcohol motifs (C(OH)–C–C–N with tert-alkyl or cyclic N) is 1. The van der Waals surface area contributed by atoms with Crippen molar-refractivity contribution < 1.29 is 19.5 Å². The van der Waals surface area contributed by atoms with Crippen molar-refractivity contribution in [2.75, 3.05) is 33.7 Å². The Bertz CT molecular complexity index is 659. The quantitative estimate of drug-likeness (QED) is 0.740. The van der Waals surface area contributed by atoms with Crippen LogP contribution in [-0.4, -0.2) is 78.4 Å². The van der Waals surface area contributed by atoms with E-state index in [9.17, 15) is 19.5 Å². The van der Waals surface area contributed by atoms with Gasteiger partial charge in [0.1, 0.15) is 0 Å². The fourth-order valence-electron chi connectivity index (χ4n) is 2.77. The van der Waals surface area contributed by atoms with Crippen LogP contribution in [0.15, 0.2) is 24.3 Å². The highest BCUT2D eigenvalue weighted by Gasteiger charge is 2.30. The van der Waals surface area contributed by atoms with E-state index >= 15 is 0 Å². The van der Waals surface area contributed by atoms with Crippen LogP contribution in [0.3, 0.4) is 0 Å². The summed E-state index contributed by atoms with van der Waals surface area (Å²) < 4.78 is 0. The Kier molecular flexibility index (Phi) is 6.27. The summed E-state index contributed by atoms with van der Waals surface area (Å²) in [6.07, 6.45) is -0.191. The number of nitrogens with one attached hydrogen (secondary N) is 1. The highest BCUT2D eigenvalue weighted by Crippen LogP contribution is 2.13. The number of nitrogens with zero attached hydrogens (tertiary/aromatic N) is 2. The Hall–Kier alpha value is -2.25. The summed E-state index contributed by atoms with van der Waals surface area (Å²) in [4.78, 5) is 39.0. The van der Waals surface area contributed by atoms with Crippen molar-refractivity contribution in [1.82, 2.24) is 15.1 Å². The van der Waals surface area contributed by atoms with Crippen molar-refractivity contribution in [2.45, 2.75) is 25.5 Å². The molecule has 25 heavy (non-hydrogen) atoms. The summed E-state index contributed by atoms with van der Waals surface area (Å²) in [6, 6.07) is 6.14. The third-order valence-corrected chi connectivity index (χ3v) is 4.37. The summed E-state index contributed by atoms with van der Waals surface area (Å²) in [6.45, 7) is 2.66. The van der Waals surface area contributed by atoms with Gasteiger partial charge in [-0.25, -0.2) is 0 Å². The molecule has 0 saturated carbocycles. The maximum Gasteiger partial charge on any atom is 0.251 e. The molecule has 1 heterocycles. The molecule has 0 radical (unpaired) electrons. The molecule has 2 amide bonds. The molecular formula is C18H25N3O4. The lowest BCUT2D eigenvalue weighted by molar-refractivity contribution is -0.130. The first kappa shape index (κ1) is 19.1. The number of carbonyl (C=O) groups excluding carboxylic acids is 3. The molecule has 0 aliphatic carbocycles. The SMILES string of the molecule is CC(=O)c1cccc(C(=O)N[C@@H]2CCN(CC(=O)N(C)C)C[C@H]2O)c1. The molecule has 1 aliphatic rings. The highest BCUT2D eigenvalue weighted by molar-refractivity contribution is 5.99. The van der Waals surface area contributed by atoms with Gasteiger partial charge in [0, 0.05) is 38.3 Å². The van der Waals surface area contributed by atoms with Gasteiger partial charge >= 0.3 is 0 Å². The Labute approximate surface area is 147 Å². The second kappa shape index (κ2) is 8.22. The average Bonchev–Trinajstić information content (AvgIpc) is 2.57. The van der Waals surface area contributed by atoms with Crippen LogP contribution in [0.5, 0.6) is 0 Å². The highest BCUT2D eigenvalue weighted by atomic mass is 16.3. The van der Waals surface area contributed by atoms with Crippen LogP contribution in [-0.2, 0) is 4.79 Å². The first-order chi connectivity index (χ1) is 11.8. The number of Topliss-reactive ketones (excluding diaryl/α,β-unsaturated/α-hetero) is 1. The van der Waals surface area contributed by atoms with E-state index in [0.717, 1.165) is 0 Å². The van der Waals surface area contributed by atoms with Crippen LogP contribution >= 0.6 is 0 Å². The topological polar surface area (TPSA) is 90.0 Å². The van der Waals surface area contributed by atoms with Crippen LogP contribution in [0.2, 0.25) is 0 Å². The number of carbonyl (C=O) groups is 3. The number of aliphatic hydroxyl groups excluding tert-OH is 1. The molecule has 0 unspecified atom stereocenters. The van der Waals surface area contributed by atoms with Gasteiger partial charge in [-0.2, -0.15) is 0 Å². The van der Waals surface area contributed by atoms with Crippen molar-refractivity contribution in [3.63, 3.8) is 0 Å². The first-order valence-corrected chi connectivity index (χ1v) is 8.30. The van der Waals surface area contributed by atoms with Gasteiger partial charge in [0.05, 0.1) is 18.7 Å². The number of hydrogen-bond donors (Lipinski definition) is 2. The van der Waals surface area contributed by atoms with Gasteiger partial charge in [0.25, 0.3) is 5.91 Å². The molecule has 7 heteroatoms. The molecule has 1 aliphatic heterocycles. The third-order valence-electron chi connectivity index (χ3n) is 4.37. The summed E-state index contributed by atoms with van der Waals surface area (Å²) in [5, 5.41) is 13.1. The number of benzene rings is 1. The Morgan fingerprint density at radius 3 is 2.56 bits per heavy atom. The van der Waals surface area contributed by atoms with Crippen molar-refractivity contribution in [3.05, 3.63) is 35.4 Å². The largest absolute Gasteiger partial charge is 0.390 e. The minimum atomic E-state index is -0.747. The predicted octanol–water partition coefficient (Wildman–Crippen LogP) is 0.142. The Morgan fingerprint density at radius 1 is 1.28 bits per heavy atom. The van der Waals surface area contributed by atoms with Gasteiger partial charge < -0.3 is 15.3 Å². The fraction of sp³-hybridized carbons (Fsp3) is 0.500. The van der Waals surface area contributed by atoms with Crippen LogP contribution in [0.25, 0.3) is 0 Å². The lowest BCUT2D eigenvalue weighted by Gasteiger charge is -2.36. The standard InChI is InChI=1S/C18H25N3O4/c1-12(22)13-5-4-6-14(9-13)18(25)19-15-7-8-21(10-16(15)23)11-17(24)20(2)3/h4-6,9,15-16,23H,7-8,10-11H2,1-3H3,(H,19,25)/t15-,16-/m1/s1. The summed E-state index contributed by atoms with van der Waals surface area (Å²) in [5.41, 5.74) is 0.871. The number of piperidine rings is 1. The number of likely N-dealkylation sites (N-methyl/N-ethyl adjacent to an activating group) is 1. The molecule has 1 fully saturated rings. The number of hydrogen-bond acceptors (Lipinski definition) is 5. The van der Waals surface area contributed by atoms with Gasteiger partial charge in [-0.15, -0.1) is 0 Å². The number of ketones is 1. The van der Waals surface area contributed by atoms with Crippen molar-refractivity contribution in [1.29, 1.82) is 0 Å². The fourth-order valence-corrected chi connectivity index (χ4v) is 2.77. The zero-order valence-electron chi connectivity index (χ0n) is 14.9. The van der Waals surface area contributed by atoms with Crippen LogP contribution in [0.1, 0.15) is 34.1 Å². The summed E-state index contributed by atoms with van der Waals surface area (Å²) in [5.74, 6) is -0.436. The van der Waals surface area contributed by atoms with Crippen molar-refractivity contribution in [3.8, 4) is 0 Å². The molecule has 2 N–H and O–H groups in total. The minimum absolute atomic E-state index is 0.0178. The van der Waals surface area contributed by atoms with E-state index in [1.54, 1.807) is 38.4 Å². The number of aliphatic hydroxyl groups is 1. The number of rotatable bonds is 5. The van der Waals surface area contributed by atoms with Crippen LogP contribution < -0.4 is 5.32 Å². The molecule has 1 aromatic carbocycles.